The van der Waals surface area contributed by atoms with E-state index in [0.29, 0.717) is 12.5 Å². The molecule has 2 aromatic rings. The number of hydrogen-bond donors (Lipinski definition) is 2. The van der Waals surface area contributed by atoms with Gasteiger partial charge in [0.15, 0.2) is 0 Å². The van der Waals surface area contributed by atoms with Crippen molar-refractivity contribution in [3.63, 3.8) is 0 Å². The Morgan fingerprint density at radius 2 is 2.20 bits per heavy atom. The van der Waals surface area contributed by atoms with Crippen LogP contribution in [0, 0.1) is 5.41 Å². The Labute approximate surface area is 122 Å². The summed E-state index contributed by atoms with van der Waals surface area (Å²) in [6.45, 7) is 2.59. The number of nitrogen functional groups attached to an aromatic ring is 1. The van der Waals surface area contributed by atoms with E-state index < -0.39 is 0 Å². The summed E-state index contributed by atoms with van der Waals surface area (Å²) in [5.41, 5.74) is 7.66. The fourth-order valence-electron chi connectivity index (χ4n) is 2.20. The lowest BCUT2D eigenvalue weighted by Gasteiger charge is -2.07. The van der Waals surface area contributed by atoms with E-state index in [9.17, 15) is 0 Å². The van der Waals surface area contributed by atoms with Crippen molar-refractivity contribution in [2.24, 2.45) is 5.73 Å². The Morgan fingerprint density at radius 1 is 1.45 bits per heavy atom. The van der Waals surface area contributed by atoms with Crippen molar-refractivity contribution in [1.29, 1.82) is 5.41 Å². The van der Waals surface area contributed by atoms with Crippen LogP contribution in [0.2, 0.25) is 0 Å². The van der Waals surface area contributed by atoms with E-state index in [2.05, 4.69) is 0 Å². The minimum absolute atomic E-state index is 0.115. The first-order valence-corrected chi connectivity index (χ1v) is 7.59. The molecule has 4 nitrogen and oxygen atoms in total. The molecule has 5 heteroatoms. The molecule has 0 aliphatic heterocycles. The monoisotopic (exact) mass is 287 g/mol. The third-order valence-corrected chi connectivity index (χ3v) is 4.42. The highest BCUT2D eigenvalue weighted by Gasteiger charge is 2.31. The number of aromatic nitrogens is 1. The van der Waals surface area contributed by atoms with Gasteiger partial charge in [0.25, 0.3) is 0 Å². The highest BCUT2D eigenvalue weighted by Crippen LogP contribution is 2.45. The second-order valence-electron chi connectivity index (χ2n) is 4.85. The van der Waals surface area contributed by atoms with Crippen LogP contribution in [0.25, 0.3) is 10.6 Å². The van der Waals surface area contributed by atoms with Crippen LogP contribution in [-0.2, 0) is 0 Å². The summed E-state index contributed by atoms with van der Waals surface area (Å²) < 4.78 is 5.66. The second kappa shape index (κ2) is 5.25. The van der Waals surface area contributed by atoms with Crippen LogP contribution >= 0.6 is 11.3 Å². The lowest BCUT2D eigenvalue weighted by molar-refractivity contribution is 0.341. The number of nitrogens with one attached hydrogen (secondary N) is 1. The van der Waals surface area contributed by atoms with Gasteiger partial charge < -0.3 is 10.5 Å². The third-order valence-electron chi connectivity index (χ3n) is 3.28. The number of rotatable bonds is 5. The Balaban J connectivity index is 2.06. The highest BCUT2D eigenvalue weighted by molar-refractivity contribution is 7.17. The predicted octanol–water partition coefficient (Wildman–Crippen LogP) is 3.37. The summed E-state index contributed by atoms with van der Waals surface area (Å²) in [5, 5.41) is 8.61. The van der Waals surface area contributed by atoms with Crippen LogP contribution in [0.15, 0.2) is 24.3 Å². The fraction of sp³-hybridized carbons (Fsp3) is 0.333. The molecular weight excluding hydrogens is 270 g/mol. The van der Waals surface area contributed by atoms with Gasteiger partial charge in [0.05, 0.1) is 22.7 Å². The van der Waals surface area contributed by atoms with Crippen LogP contribution in [0.4, 0.5) is 0 Å². The van der Waals surface area contributed by atoms with E-state index in [0.717, 1.165) is 39.7 Å². The molecule has 1 saturated carbocycles. The molecule has 1 fully saturated rings. The van der Waals surface area contributed by atoms with Crippen molar-refractivity contribution in [2.75, 3.05) is 6.61 Å². The Bertz CT molecular complexity index is 646. The fourth-order valence-corrected chi connectivity index (χ4v) is 3.24. The number of benzene rings is 1. The van der Waals surface area contributed by atoms with Crippen LogP contribution in [0.1, 0.15) is 36.3 Å². The topological polar surface area (TPSA) is 72.0 Å². The quantitative estimate of drug-likeness (QED) is 0.654. The van der Waals surface area contributed by atoms with Gasteiger partial charge in [-0.15, -0.1) is 11.3 Å². The van der Waals surface area contributed by atoms with Gasteiger partial charge in [0.2, 0.25) is 0 Å². The van der Waals surface area contributed by atoms with Gasteiger partial charge in [-0.25, -0.2) is 4.98 Å². The maximum Gasteiger partial charge on any atom is 0.135 e. The lowest BCUT2D eigenvalue weighted by Crippen LogP contribution is -2.11. The van der Waals surface area contributed by atoms with Crippen LogP contribution < -0.4 is 10.5 Å². The molecule has 0 saturated heterocycles. The standard InChI is InChI=1S/C15H17N3OS/c1-2-19-11-6-4-3-5-10(11)15-18-12(9-7-8-9)13(20-15)14(16)17/h3-6,9H,2,7-8H2,1H3,(H3,16,17). The predicted molar refractivity (Wildman–Crippen MR) is 81.7 cm³/mol. The molecule has 3 rings (SSSR count). The minimum Gasteiger partial charge on any atom is -0.493 e. The van der Waals surface area contributed by atoms with Crippen molar-refractivity contribution in [3.8, 4) is 16.3 Å². The summed E-state index contributed by atoms with van der Waals surface area (Å²) in [5.74, 6) is 1.43. The Kier molecular flexibility index (Phi) is 3.44. The number of hydrogen-bond acceptors (Lipinski definition) is 4. The molecule has 1 aliphatic carbocycles. The molecule has 1 aromatic carbocycles. The van der Waals surface area contributed by atoms with Crippen molar-refractivity contribution in [1.82, 2.24) is 4.98 Å². The summed E-state index contributed by atoms with van der Waals surface area (Å²) in [6, 6.07) is 7.88. The molecule has 1 aromatic heterocycles. The first-order valence-electron chi connectivity index (χ1n) is 6.78. The molecule has 0 bridgehead atoms. The zero-order valence-electron chi connectivity index (χ0n) is 11.3. The molecule has 0 unspecified atom stereocenters. The molecule has 0 amide bonds. The van der Waals surface area contributed by atoms with E-state index in [1.807, 2.05) is 31.2 Å². The van der Waals surface area contributed by atoms with Gasteiger partial charge in [0, 0.05) is 5.92 Å². The first-order chi connectivity index (χ1) is 9.70. The molecule has 0 radical (unpaired) electrons. The van der Waals surface area contributed by atoms with Crippen LogP contribution in [0.3, 0.4) is 0 Å². The van der Waals surface area contributed by atoms with Crippen molar-refractivity contribution >= 4 is 17.2 Å². The van der Waals surface area contributed by atoms with E-state index >= 15 is 0 Å². The van der Waals surface area contributed by atoms with Crippen molar-refractivity contribution in [2.45, 2.75) is 25.7 Å². The lowest BCUT2D eigenvalue weighted by atomic mass is 10.2. The van der Waals surface area contributed by atoms with Crippen LogP contribution in [0.5, 0.6) is 5.75 Å². The number of para-hydroxylation sites is 1. The molecule has 1 heterocycles. The molecule has 0 spiro atoms. The smallest absolute Gasteiger partial charge is 0.135 e. The summed E-state index contributed by atoms with van der Waals surface area (Å²) in [4.78, 5) is 5.54. The van der Waals surface area contributed by atoms with Gasteiger partial charge in [0.1, 0.15) is 16.6 Å². The SMILES string of the molecule is CCOc1ccccc1-c1nc(C2CC2)c(C(=N)N)s1. The van der Waals surface area contributed by atoms with E-state index in [4.69, 9.17) is 20.9 Å². The number of amidine groups is 1. The van der Waals surface area contributed by atoms with Crippen molar-refractivity contribution < 1.29 is 4.74 Å². The number of thiazole rings is 1. The summed E-state index contributed by atoms with van der Waals surface area (Å²) in [6.07, 6.45) is 2.30. The normalized spacial score (nSPS) is 14.2. The average Bonchev–Trinajstić information content (AvgIpc) is 3.18. The zero-order valence-corrected chi connectivity index (χ0v) is 12.2. The van der Waals surface area contributed by atoms with Gasteiger partial charge >= 0.3 is 0 Å². The summed E-state index contributed by atoms with van der Waals surface area (Å²) >= 11 is 1.49. The van der Waals surface area contributed by atoms with E-state index in [-0.39, 0.29) is 5.84 Å². The number of nitrogens with zero attached hydrogens (tertiary/aromatic N) is 1. The molecule has 1 aliphatic rings. The van der Waals surface area contributed by atoms with Gasteiger partial charge in [-0.05, 0) is 31.9 Å². The van der Waals surface area contributed by atoms with Gasteiger partial charge in [-0.2, -0.15) is 0 Å². The van der Waals surface area contributed by atoms with Gasteiger partial charge in [-0.1, -0.05) is 12.1 Å². The summed E-state index contributed by atoms with van der Waals surface area (Å²) in [7, 11) is 0. The van der Waals surface area contributed by atoms with Gasteiger partial charge in [-0.3, -0.25) is 5.41 Å². The molecular formula is C15H17N3OS. The number of ether oxygens (including phenoxy) is 1. The first kappa shape index (κ1) is 13.1. The third kappa shape index (κ3) is 2.41. The molecule has 3 N–H and O–H groups in total. The number of nitrogens with two attached hydrogens (primary N) is 1. The second-order valence-corrected chi connectivity index (χ2v) is 5.85. The minimum atomic E-state index is 0.115. The highest BCUT2D eigenvalue weighted by atomic mass is 32.1. The van der Waals surface area contributed by atoms with Crippen molar-refractivity contribution in [3.05, 3.63) is 34.8 Å². The maximum absolute atomic E-state index is 7.72. The molecule has 104 valence electrons. The molecule has 20 heavy (non-hydrogen) atoms. The Hall–Kier alpha value is -1.88. The van der Waals surface area contributed by atoms with Crippen LogP contribution in [-0.4, -0.2) is 17.4 Å². The zero-order chi connectivity index (χ0) is 14.1. The maximum atomic E-state index is 7.72. The average molecular weight is 287 g/mol. The van der Waals surface area contributed by atoms with E-state index in [1.165, 1.54) is 11.3 Å². The Morgan fingerprint density at radius 3 is 2.85 bits per heavy atom. The molecule has 0 atom stereocenters. The van der Waals surface area contributed by atoms with E-state index in [1.54, 1.807) is 0 Å². The largest absolute Gasteiger partial charge is 0.493 e.